The lowest BCUT2D eigenvalue weighted by molar-refractivity contribution is -0.0585. The number of fused-ring (bicyclic) bond motifs is 4. The Hall–Kier alpha value is -3.44. The summed E-state index contributed by atoms with van der Waals surface area (Å²) in [6.07, 6.45) is 4.22. The number of hydrogen-bond donors (Lipinski definition) is 2. The average molecular weight is 494 g/mol. The van der Waals surface area contributed by atoms with E-state index in [4.69, 9.17) is 9.47 Å². The van der Waals surface area contributed by atoms with Crippen molar-refractivity contribution in [3.63, 3.8) is 0 Å². The molecule has 0 radical (unpaired) electrons. The van der Waals surface area contributed by atoms with Crippen LogP contribution in [-0.4, -0.2) is 74.9 Å². The van der Waals surface area contributed by atoms with Gasteiger partial charge in [-0.1, -0.05) is 0 Å². The van der Waals surface area contributed by atoms with Crippen LogP contribution in [0.1, 0.15) is 24.3 Å². The highest BCUT2D eigenvalue weighted by Gasteiger charge is 2.32. The molecule has 4 aromatic rings. The molecule has 2 atom stereocenters. The first kappa shape index (κ1) is 22.1. The van der Waals surface area contributed by atoms with E-state index >= 15 is 0 Å². The van der Waals surface area contributed by atoms with Crippen LogP contribution >= 0.6 is 11.3 Å². The lowest BCUT2D eigenvalue weighted by atomic mass is 10.0. The highest BCUT2D eigenvalue weighted by molar-refractivity contribution is 7.19. The summed E-state index contributed by atoms with van der Waals surface area (Å²) in [5, 5.41) is 12.5. The van der Waals surface area contributed by atoms with E-state index in [1.54, 1.807) is 31.0 Å². The number of hydrogen-bond acceptors (Lipinski definition) is 8. The van der Waals surface area contributed by atoms with Crippen molar-refractivity contribution in [1.82, 2.24) is 30.0 Å². The van der Waals surface area contributed by atoms with E-state index in [1.807, 2.05) is 35.8 Å². The lowest BCUT2D eigenvalue weighted by Crippen LogP contribution is -2.53. The summed E-state index contributed by atoms with van der Waals surface area (Å²) in [7, 11) is 1.65. The van der Waals surface area contributed by atoms with Crippen molar-refractivity contribution in [3.8, 4) is 5.75 Å². The predicted molar refractivity (Wildman–Crippen MR) is 134 cm³/mol. The largest absolute Gasteiger partial charge is 0.494 e. The second kappa shape index (κ2) is 8.65. The smallest absolute Gasteiger partial charge is 0.320 e. The minimum Gasteiger partial charge on any atom is -0.494 e. The number of carbonyl (C=O) groups excluding carboxylic acids is 1. The molecule has 0 unspecified atom stereocenters. The Bertz CT molecular complexity index is 1410. The number of amides is 2. The van der Waals surface area contributed by atoms with Crippen molar-refractivity contribution in [2.24, 2.45) is 0 Å². The Morgan fingerprint density at radius 3 is 2.86 bits per heavy atom. The third kappa shape index (κ3) is 3.94. The molecule has 5 heterocycles. The van der Waals surface area contributed by atoms with Gasteiger partial charge >= 0.3 is 6.03 Å². The number of anilines is 2. The number of nitrogens with zero attached hydrogens (tertiary/aromatic N) is 5. The van der Waals surface area contributed by atoms with E-state index < -0.39 is 0 Å². The molecular formula is C24H27N7O3S. The standard InChI is InChI=1S/C24H27N7O3S/c1-13-9-31(10-14(2)34-13)24(32)30-5-4-16-20(11-30)35-23-21(16)22(25-12-26-23)28-18-6-15-8-27-29-17(15)7-19(18)33-3/h6-8,12-14H,4-5,9-11H2,1-3H3,(H,27,29)(H,25,26,28)/t13-,14-/m1/s1. The van der Waals surface area contributed by atoms with Crippen LogP contribution in [0.3, 0.4) is 0 Å². The van der Waals surface area contributed by atoms with E-state index in [-0.39, 0.29) is 18.2 Å². The van der Waals surface area contributed by atoms with Gasteiger partial charge in [0.2, 0.25) is 0 Å². The maximum Gasteiger partial charge on any atom is 0.320 e. The number of rotatable bonds is 3. The zero-order chi connectivity index (χ0) is 24.1. The van der Waals surface area contributed by atoms with Gasteiger partial charge in [0.1, 0.15) is 22.7 Å². The second-order valence-corrected chi connectivity index (χ2v) is 10.2. The van der Waals surface area contributed by atoms with Gasteiger partial charge in [0.05, 0.1) is 48.6 Å². The summed E-state index contributed by atoms with van der Waals surface area (Å²) < 4.78 is 11.4. The molecule has 0 saturated carbocycles. The number of carbonyl (C=O) groups is 1. The summed E-state index contributed by atoms with van der Waals surface area (Å²) in [5.41, 5.74) is 2.93. The van der Waals surface area contributed by atoms with Gasteiger partial charge in [-0.15, -0.1) is 11.3 Å². The van der Waals surface area contributed by atoms with E-state index in [0.717, 1.165) is 43.9 Å². The fourth-order valence-corrected chi connectivity index (χ4v) is 6.29. The third-order valence-corrected chi connectivity index (χ3v) is 7.74. The number of morpholine rings is 1. The summed E-state index contributed by atoms with van der Waals surface area (Å²) in [6, 6.07) is 4.00. The normalized spacial score (nSPS) is 20.3. The molecule has 35 heavy (non-hydrogen) atoms. The quantitative estimate of drug-likeness (QED) is 0.445. The van der Waals surface area contributed by atoms with Crippen LogP contribution in [0.25, 0.3) is 21.1 Å². The number of nitrogens with one attached hydrogen (secondary N) is 2. The van der Waals surface area contributed by atoms with Crippen LogP contribution in [0.4, 0.5) is 16.3 Å². The Morgan fingerprint density at radius 1 is 1.23 bits per heavy atom. The number of thiophene rings is 1. The first-order chi connectivity index (χ1) is 17.0. The van der Waals surface area contributed by atoms with Crippen molar-refractivity contribution in [2.45, 2.75) is 39.0 Å². The molecule has 2 aliphatic heterocycles. The Kier molecular flexibility index (Phi) is 5.45. The molecule has 0 bridgehead atoms. The van der Waals surface area contributed by atoms with E-state index in [1.165, 1.54) is 5.56 Å². The van der Waals surface area contributed by atoms with Crippen LogP contribution in [0.2, 0.25) is 0 Å². The van der Waals surface area contributed by atoms with Crippen LogP contribution in [0.15, 0.2) is 24.7 Å². The summed E-state index contributed by atoms with van der Waals surface area (Å²) in [6.45, 7) is 6.53. The molecule has 11 heteroatoms. The fraction of sp³-hybridized carbons (Fsp3) is 0.417. The van der Waals surface area contributed by atoms with Crippen molar-refractivity contribution in [2.75, 3.05) is 32.1 Å². The Morgan fingerprint density at radius 2 is 2.06 bits per heavy atom. The highest BCUT2D eigenvalue weighted by atomic mass is 32.1. The number of H-pyrrole nitrogens is 1. The number of aromatic amines is 1. The lowest BCUT2D eigenvalue weighted by Gasteiger charge is -2.39. The monoisotopic (exact) mass is 493 g/mol. The van der Waals surface area contributed by atoms with Gasteiger partial charge in [-0.05, 0) is 31.9 Å². The zero-order valence-corrected chi connectivity index (χ0v) is 20.7. The molecule has 0 aliphatic carbocycles. The van der Waals surface area contributed by atoms with Crippen molar-refractivity contribution in [3.05, 3.63) is 35.1 Å². The number of methoxy groups -OCH3 is 1. The van der Waals surface area contributed by atoms with E-state index in [2.05, 4.69) is 25.5 Å². The van der Waals surface area contributed by atoms with Crippen molar-refractivity contribution >= 4 is 50.0 Å². The van der Waals surface area contributed by atoms with Gasteiger partial charge in [0, 0.05) is 36.0 Å². The van der Waals surface area contributed by atoms with Gasteiger partial charge < -0.3 is 24.6 Å². The van der Waals surface area contributed by atoms with Crippen molar-refractivity contribution in [1.29, 1.82) is 0 Å². The second-order valence-electron chi connectivity index (χ2n) is 9.16. The number of aromatic nitrogens is 4. The van der Waals surface area contributed by atoms with Gasteiger partial charge in [0.25, 0.3) is 0 Å². The summed E-state index contributed by atoms with van der Waals surface area (Å²) in [5.74, 6) is 1.44. The molecule has 10 nitrogen and oxygen atoms in total. The number of urea groups is 1. The molecule has 2 amide bonds. The number of ether oxygens (including phenoxy) is 2. The van der Waals surface area contributed by atoms with Crippen LogP contribution < -0.4 is 10.1 Å². The maximum absolute atomic E-state index is 13.3. The highest BCUT2D eigenvalue weighted by Crippen LogP contribution is 2.40. The minimum absolute atomic E-state index is 0.0505. The van der Waals surface area contributed by atoms with Gasteiger partial charge in [-0.2, -0.15) is 5.10 Å². The van der Waals surface area contributed by atoms with E-state index in [0.29, 0.717) is 31.9 Å². The molecule has 1 aromatic carbocycles. The number of benzene rings is 1. The van der Waals surface area contributed by atoms with E-state index in [9.17, 15) is 4.79 Å². The van der Waals surface area contributed by atoms with Gasteiger partial charge in [-0.25, -0.2) is 14.8 Å². The molecule has 1 fully saturated rings. The van der Waals surface area contributed by atoms with Crippen LogP contribution in [0.5, 0.6) is 5.75 Å². The third-order valence-electron chi connectivity index (χ3n) is 6.61. The summed E-state index contributed by atoms with van der Waals surface area (Å²) in [4.78, 5) is 28.3. The molecule has 2 N–H and O–H groups in total. The molecule has 0 spiro atoms. The topological polar surface area (TPSA) is 108 Å². The first-order valence-corrected chi connectivity index (χ1v) is 12.5. The fourth-order valence-electron chi connectivity index (χ4n) is 5.09. The predicted octanol–water partition coefficient (Wildman–Crippen LogP) is 3.91. The molecular weight excluding hydrogens is 466 g/mol. The molecule has 2 aliphatic rings. The maximum atomic E-state index is 13.3. The minimum atomic E-state index is 0.0505. The molecule has 182 valence electrons. The average Bonchev–Trinajstić information content (AvgIpc) is 3.46. The molecule has 6 rings (SSSR count). The Labute approximate surface area is 206 Å². The molecule has 3 aromatic heterocycles. The van der Waals surface area contributed by atoms with Crippen molar-refractivity contribution < 1.29 is 14.3 Å². The first-order valence-electron chi connectivity index (χ1n) is 11.7. The zero-order valence-electron chi connectivity index (χ0n) is 19.9. The summed E-state index contributed by atoms with van der Waals surface area (Å²) >= 11 is 1.63. The van der Waals surface area contributed by atoms with Crippen LogP contribution in [-0.2, 0) is 17.7 Å². The molecule has 1 saturated heterocycles. The Balaban J connectivity index is 1.30. The van der Waals surface area contributed by atoms with Gasteiger partial charge in [-0.3, -0.25) is 5.10 Å². The SMILES string of the molecule is COc1cc2[nH]ncc2cc1Nc1ncnc2sc3c(c12)CCN(C(=O)N1C[C@@H](C)O[C@H](C)C1)C3. The van der Waals surface area contributed by atoms with Crippen LogP contribution in [0, 0.1) is 0 Å². The van der Waals surface area contributed by atoms with Gasteiger partial charge in [0.15, 0.2) is 0 Å².